The van der Waals surface area contributed by atoms with E-state index in [1.54, 1.807) is 18.6 Å². The summed E-state index contributed by atoms with van der Waals surface area (Å²) in [4.78, 5) is 8.30. The molecule has 0 saturated heterocycles. The van der Waals surface area contributed by atoms with Gasteiger partial charge in [0.1, 0.15) is 11.5 Å². The molecule has 0 aliphatic heterocycles. The summed E-state index contributed by atoms with van der Waals surface area (Å²) in [6.07, 6.45) is 5.22. The van der Waals surface area contributed by atoms with Gasteiger partial charge in [0, 0.05) is 24.0 Å². The van der Waals surface area contributed by atoms with Gasteiger partial charge in [0.15, 0.2) is 0 Å². The molecule has 0 aromatic carbocycles. The molecule has 0 unspecified atom stereocenters. The quantitative estimate of drug-likeness (QED) is 0.877. The number of aromatic nitrogens is 2. The highest BCUT2D eigenvalue weighted by Crippen LogP contribution is 2.23. The molecule has 4 heteroatoms. The van der Waals surface area contributed by atoms with Gasteiger partial charge in [-0.25, -0.2) is 0 Å². The summed E-state index contributed by atoms with van der Waals surface area (Å²) in [6, 6.07) is 5.79. The average molecular weight is 243 g/mol. The number of hydrogen-bond acceptors (Lipinski definition) is 4. The molecule has 4 nitrogen and oxygen atoms in total. The zero-order valence-corrected chi connectivity index (χ0v) is 10.7. The van der Waals surface area contributed by atoms with Crippen molar-refractivity contribution < 1.29 is 4.74 Å². The summed E-state index contributed by atoms with van der Waals surface area (Å²) in [7, 11) is 0. The molecule has 2 aromatic heterocycles. The molecule has 0 fully saturated rings. The number of nitrogens with zero attached hydrogens (tertiary/aromatic N) is 2. The van der Waals surface area contributed by atoms with Gasteiger partial charge in [-0.05, 0) is 31.7 Å². The lowest BCUT2D eigenvalue weighted by Gasteiger charge is -2.10. The Bertz CT molecular complexity index is 497. The van der Waals surface area contributed by atoms with Crippen LogP contribution in [0.15, 0.2) is 36.8 Å². The van der Waals surface area contributed by atoms with E-state index in [0.717, 1.165) is 35.8 Å². The van der Waals surface area contributed by atoms with Crippen molar-refractivity contribution in [3.8, 4) is 11.5 Å². The molecule has 0 radical (unpaired) electrons. The van der Waals surface area contributed by atoms with Crippen LogP contribution in [0.1, 0.15) is 18.2 Å². The van der Waals surface area contributed by atoms with Gasteiger partial charge in [-0.15, -0.1) is 0 Å². The lowest BCUT2D eigenvalue weighted by atomic mass is 10.2. The van der Waals surface area contributed by atoms with Crippen LogP contribution in [0.2, 0.25) is 0 Å². The van der Waals surface area contributed by atoms with Crippen LogP contribution in [-0.4, -0.2) is 16.5 Å². The zero-order valence-electron chi connectivity index (χ0n) is 10.7. The van der Waals surface area contributed by atoms with Crippen molar-refractivity contribution in [2.75, 3.05) is 6.54 Å². The molecule has 0 spiro atoms. The van der Waals surface area contributed by atoms with E-state index in [-0.39, 0.29) is 0 Å². The highest BCUT2D eigenvalue weighted by molar-refractivity contribution is 5.34. The highest BCUT2D eigenvalue weighted by atomic mass is 16.5. The van der Waals surface area contributed by atoms with Gasteiger partial charge in [0.05, 0.1) is 12.4 Å². The molecule has 94 valence electrons. The minimum Gasteiger partial charge on any atom is -0.454 e. The van der Waals surface area contributed by atoms with E-state index >= 15 is 0 Å². The number of pyridine rings is 2. The normalized spacial score (nSPS) is 10.3. The Labute approximate surface area is 107 Å². The Hall–Kier alpha value is -1.94. The molecule has 0 aliphatic rings. The summed E-state index contributed by atoms with van der Waals surface area (Å²) >= 11 is 0. The van der Waals surface area contributed by atoms with Gasteiger partial charge < -0.3 is 10.1 Å². The average Bonchev–Trinajstić information content (AvgIpc) is 2.40. The smallest absolute Gasteiger partial charge is 0.150 e. The second-order valence-electron chi connectivity index (χ2n) is 4.00. The van der Waals surface area contributed by atoms with Crippen molar-refractivity contribution >= 4 is 0 Å². The third kappa shape index (κ3) is 3.28. The molecule has 2 rings (SSSR count). The van der Waals surface area contributed by atoms with Crippen molar-refractivity contribution in [2.45, 2.75) is 20.4 Å². The Balaban J connectivity index is 2.15. The van der Waals surface area contributed by atoms with Crippen LogP contribution in [0.3, 0.4) is 0 Å². The summed E-state index contributed by atoms with van der Waals surface area (Å²) in [5.74, 6) is 1.50. The predicted octanol–water partition coefficient (Wildman–Crippen LogP) is 2.69. The largest absolute Gasteiger partial charge is 0.454 e. The first-order valence-corrected chi connectivity index (χ1v) is 6.03. The van der Waals surface area contributed by atoms with Crippen molar-refractivity contribution in [3.63, 3.8) is 0 Å². The van der Waals surface area contributed by atoms with Crippen molar-refractivity contribution in [3.05, 3.63) is 48.0 Å². The van der Waals surface area contributed by atoms with Crippen LogP contribution in [-0.2, 0) is 6.54 Å². The molecule has 18 heavy (non-hydrogen) atoms. The first-order chi connectivity index (χ1) is 8.79. The van der Waals surface area contributed by atoms with Crippen LogP contribution in [0, 0.1) is 6.92 Å². The maximum atomic E-state index is 5.80. The minimum atomic E-state index is 0.728. The topological polar surface area (TPSA) is 47.0 Å². The fraction of sp³-hybridized carbons (Fsp3) is 0.286. The first-order valence-electron chi connectivity index (χ1n) is 6.03. The summed E-state index contributed by atoms with van der Waals surface area (Å²) in [6.45, 7) is 5.72. The van der Waals surface area contributed by atoms with E-state index < -0.39 is 0 Å². The molecule has 0 amide bonds. The minimum absolute atomic E-state index is 0.728. The van der Waals surface area contributed by atoms with Crippen molar-refractivity contribution in [1.82, 2.24) is 15.3 Å². The van der Waals surface area contributed by atoms with Crippen molar-refractivity contribution in [1.29, 1.82) is 0 Å². The van der Waals surface area contributed by atoms with Crippen LogP contribution >= 0.6 is 0 Å². The number of aryl methyl sites for hydroxylation is 1. The van der Waals surface area contributed by atoms with E-state index in [9.17, 15) is 0 Å². The maximum absolute atomic E-state index is 5.80. The third-order valence-electron chi connectivity index (χ3n) is 2.55. The van der Waals surface area contributed by atoms with Gasteiger partial charge in [0.25, 0.3) is 0 Å². The number of rotatable bonds is 5. The van der Waals surface area contributed by atoms with Crippen molar-refractivity contribution in [2.24, 2.45) is 0 Å². The molecule has 2 aromatic rings. The van der Waals surface area contributed by atoms with Gasteiger partial charge >= 0.3 is 0 Å². The van der Waals surface area contributed by atoms with Crippen LogP contribution in [0.5, 0.6) is 11.5 Å². The summed E-state index contributed by atoms with van der Waals surface area (Å²) in [5, 5.41) is 3.28. The van der Waals surface area contributed by atoms with E-state index in [0.29, 0.717) is 0 Å². The van der Waals surface area contributed by atoms with E-state index in [2.05, 4.69) is 22.2 Å². The van der Waals surface area contributed by atoms with Gasteiger partial charge in [-0.1, -0.05) is 6.92 Å². The van der Waals surface area contributed by atoms with Crippen LogP contribution in [0.4, 0.5) is 0 Å². The Morgan fingerprint density at radius 1 is 1.22 bits per heavy atom. The van der Waals surface area contributed by atoms with Crippen LogP contribution in [0.25, 0.3) is 0 Å². The summed E-state index contributed by atoms with van der Waals surface area (Å²) < 4.78 is 5.80. The molecular weight excluding hydrogens is 226 g/mol. The zero-order chi connectivity index (χ0) is 12.8. The second kappa shape index (κ2) is 6.12. The van der Waals surface area contributed by atoms with Gasteiger partial charge in [0.2, 0.25) is 0 Å². The molecule has 0 aliphatic carbocycles. The standard InChI is InChI=1S/C14H17N3O/c1-3-15-8-12-6-7-16-10-14(12)18-13-5-4-11(2)17-9-13/h4-7,9-10,15H,3,8H2,1-2H3. The number of ether oxygens (including phenoxy) is 1. The Kier molecular flexibility index (Phi) is 4.25. The molecule has 0 bridgehead atoms. The molecule has 1 N–H and O–H groups in total. The van der Waals surface area contributed by atoms with E-state index in [1.165, 1.54) is 0 Å². The maximum Gasteiger partial charge on any atom is 0.150 e. The SMILES string of the molecule is CCNCc1ccncc1Oc1ccc(C)nc1. The molecular formula is C14H17N3O. The molecule has 2 heterocycles. The third-order valence-corrected chi connectivity index (χ3v) is 2.55. The van der Waals surface area contributed by atoms with Gasteiger partial charge in [-0.2, -0.15) is 0 Å². The Morgan fingerprint density at radius 2 is 2.11 bits per heavy atom. The highest BCUT2D eigenvalue weighted by Gasteiger charge is 2.04. The fourth-order valence-electron chi connectivity index (χ4n) is 1.55. The predicted molar refractivity (Wildman–Crippen MR) is 70.7 cm³/mol. The van der Waals surface area contributed by atoms with E-state index in [1.807, 2.05) is 25.1 Å². The van der Waals surface area contributed by atoms with Crippen LogP contribution < -0.4 is 10.1 Å². The number of nitrogens with one attached hydrogen (secondary N) is 1. The molecule has 0 atom stereocenters. The Morgan fingerprint density at radius 3 is 2.83 bits per heavy atom. The fourth-order valence-corrected chi connectivity index (χ4v) is 1.55. The van der Waals surface area contributed by atoms with Gasteiger partial charge in [-0.3, -0.25) is 9.97 Å². The number of hydrogen-bond donors (Lipinski definition) is 1. The van der Waals surface area contributed by atoms with E-state index in [4.69, 9.17) is 4.74 Å². The summed E-state index contributed by atoms with van der Waals surface area (Å²) in [5.41, 5.74) is 2.06. The monoisotopic (exact) mass is 243 g/mol. The first kappa shape index (κ1) is 12.5. The second-order valence-corrected chi connectivity index (χ2v) is 4.00. The lowest BCUT2D eigenvalue weighted by Crippen LogP contribution is -2.12. The lowest BCUT2D eigenvalue weighted by molar-refractivity contribution is 0.468. The molecule has 0 saturated carbocycles.